The lowest BCUT2D eigenvalue weighted by atomic mass is 10.1. The largest absolute Gasteiger partial charge is 0.493 e. The van der Waals surface area contributed by atoms with Crippen LogP contribution < -0.4 is 10.1 Å². The third kappa shape index (κ3) is 6.25. The molecule has 3 nitrogen and oxygen atoms in total. The van der Waals surface area contributed by atoms with Crippen LogP contribution in [0.3, 0.4) is 0 Å². The molecular formula is C16H26BrNO2. The van der Waals surface area contributed by atoms with Gasteiger partial charge in [-0.1, -0.05) is 22.9 Å². The summed E-state index contributed by atoms with van der Waals surface area (Å²) in [4.78, 5) is 0. The van der Waals surface area contributed by atoms with Crippen molar-refractivity contribution in [1.29, 1.82) is 0 Å². The number of rotatable bonds is 10. The molecule has 0 radical (unpaired) electrons. The second-order valence-electron chi connectivity index (χ2n) is 4.79. The summed E-state index contributed by atoms with van der Waals surface area (Å²) in [7, 11) is 0. The van der Waals surface area contributed by atoms with Crippen LogP contribution in [0.4, 0.5) is 0 Å². The fraction of sp³-hybridized carbons (Fsp3) is 0.625. The first kappa shape index (κ1) is 17.5. The second kappa shape index (κ2) is 10.2. The van der Waals surface area contributed by atoms with Crippen LogP contribution in [0.5, 0.6) is 5.75 Å². The van der Waals surface area contributed by atoms with Crippen molar-refractivity contribution in [3.05, 3.63) is 27.7 Å². The van der Waals surface area contributed by atoms with E-state index >= 15 is 0 Å². The van der Waals surface area contributed by atoms with Crippen LogP contribution in [0.15, 0.2) is 16.6 Å². The van der Waals surface area contributed by atoms with Crippen LogP contribution in [0.2, 0.25) is 0 Å². The highest BCUT2D eigenvalue weighted by atomic mass is 79.9. The van der Waals surface area contributed by atoms with Gasteiger partial charge in [0.2, 0.25) is 0 Å². The van der Waals surface area contributed by atoms with Crippen molar-refractivity contribution < 1.29 is 9.47 Å². The minimum atomic E-state index is 0.698. The Morgan fingerprint density at radius 2 is 2.00 bits per heavy atom. The van der Waals surface area contributed by atoms with Gasteiger partial charge in [0.15, 0.2) is 0 Å². The first-order chi connectivity index (χ1) is 9.69. The lowest BCUT2D eigenvalue weighted by Crippen LogP contribution is -2.15. The molecule has 0 heterocycles. The van der Waals surface area contributed by atoms with Gasteiger partial charge in [0.1, 0.15) is 5.75 Å². The SMILES string of the molecule is CCCNCc1cc(Br)cc(C)c1OCCCOCC. The normalized spacial score (nSPS) is 10.8. The number of hydrogen-bond acceptors (Lipinski definition) is 3. The van der Waals surface area contributed by atoms with Crippen molar-refractivity contribution in [3.63, 3.8) is 0 Å². The Bertz CT molecular complexity index is 396. The van der Waals surface area contributed by atoms with Crippen LogP contribution in [-0.2, 0) is 11.3 Å². The van der Waals surface area contributed by atoms with E-state index in [1.165, 1.54) is 11.1 Å². The van der Waals surface area contributed by atoms with Crippen molar-refractivity contribution in [2.75, 3.05) is 26.4 Å². The molecule has 1 aromatic rings. The first-order valence-electron chi connectivity index (χ1n) is 7.39. The number of ether oxygens (including phenoxy) is 2. The number of benzene rings is 1. The Hall–Kier alpha value is -0.580. The summed E-state index contributed by atoms with van der Waals surface area (Å²) in [5.41, 5.74) is 2.38. The van der Waals surface area contributed by atoms with E-state index in [4.69, 9.17) is 9.47 Å². The van der Waals surface area contributed by atoms with Crippen molar-refractivity contribution in [1.82, 2.24) is 5.32 Å². The molecule has 1 N–H and O–H groups in total. The summed E-state index contributed by atoms with van der Waals surface area (Å²) >= 11 is 3.56. The standard InChI is InChI=1S/C16H26BrNO2/c1-4-7-18-12-14-11-15(17)10-13(3)16(14)20-9-6-8-19-5-2/h10-11,18H,4-9,12H2,1-3H3. The summed E-state index contributed by atoms with van der Waals surface area (Å²) < 4.78 is 12.4. The highest BCUT2D eigenvalue weighted by Gasteiger charge is 2.09. The Balaban J connectivity index is 2.61. The highest BCUT2D eigenvalue weighted by Crippen LogP contribution is 2.28. The maximum absolute atomic E-state index is 5.96. The number of nitrogens with one attached hydrogen (secondary N) is 1. The maximum Gasteiger partial charge on any atom is 0.126 e. The summed E-state index contributed by atoms with van der Waals surface area (Å²) in [6.45, 7) is 10.4. The molecule has 0 spiro atoms. The average Bonchev–Trinajstić information content (AvgIpc) is 2.41. The molecular weight excluding hydrogens is 318 g/mol. The minimum absolute atomic E-state index is 0.698. The third-order valence-electron chi connectivity index (χ3n) is 2.94. The fourth-order valence-corrected chi connectivity index (χ4v) is 2.64. The van der Waals surface area contributed by atoms with Gasteiger partial charge in [-0.05, 0) is 44.5 Å². The van der Waals surface area contributed by atoms with Gasteiger partial charge in [-0.25, -0.2) is 0 Å². The van der Waals surface area contributed by atoms with Gasteiger partial charge in [-0.15, -0.1) is 0 Å². The molecule has 0 amide bonds. The highest BCUT2D eigenvalue weighted by molar-refractivity contribution is 9.10. The molecule has 0 atom stereocenters. The summed E-state index contributed by atoms with van der Waals surface area (Å²) in [5.74, 6) is 1.01. The van der Waals surface area contributed by atoms with Crippen LogP contribution in [0.1, 0.15) is 37.8 Å². The molecule has 0 saturated carbocycles. The number of halogens is 1. The van der Waals surface area contributed by atoms with Crippen molar-refractivity contribution in [2.45, 2.75) is 40.2 Å². The lowest BCUT2D eigenvalue weighted by Gasteiger charge is -2.15. The monoisotopic (exact) mass is 343 g/mol. The molecule has 4 heteroatoms. The van der Waals surface area contributed by atoms with Crippen molar-refractivity contribution in [2.24, 2.45) is 0 Å². The summed E-state index contributed by atoms with van der Waals surface area (Å²) in [6, 6.07) is 4.23. The first-order valence-corrected chi connectivity index (χ1v) is 8.18. The summed E-state index contributed by atoms with van der Waals surface area (Å²) in [5, 5.41) is 3.43. The van der Waals surface area contributed by atoms with E-state index in [2.05, 4.69) is 47.2 Å². The predicted molar refractivity (Wildman–Crippen MR) is 87.5 cm³/mol. The zero-order valence-electron chi connectivity index (χ0n) is 12.8. The molecule has 1 rings (SSSR count). The number of hydrogen-bond donors (Lipinski definition) is 1. The lowest BCUT2D eigenvalue weighted by molar-refractivity contribution is 0.130. The Morgan fingerprint density at radius 1 is 1.20 bits per heavy atom. The smallest absolute Gasteiger partial charge is 0.126 e. The minimum Gasteiger partial charge on any atom is -0.493 e. The second-order valence-corrected chi connectivity index (χ2v) is 5.70. The van der Waals surface area contributed by atoms with Gasteiger partial charge in [-0.3, -0.25) is 0 Å². The Morgan fingerprint density at radius 3 is 2.70 bits per heavy atom. The van der Waals surface area contributed by atoms with Crippen LogP contribution in [-0.4, -0.2) is 26.4 Å². The molecule has 114 valence electrons. The fourth-order valence-electron chi connectivity index (χ4n) is 2.02. The van der Waals surface area contributed by atoms with Gasteiger partial charge in [0, 0.05) is 36.2 Å². The van der Waals surface area contributed by atoms with Crippen LogP contribution in [0.25, 0.3) is 0 Å². The summed E-state index contributed by atoms with van der Waals surface area (Å²) in [6.07, 6.45) is 2.06. The Labute approximate surface area is 131 Å². The number of aryl methyl sites for hydroxylation is 1. The van der Waals surface area contributed by atoms with E-state index in [0.717, 1.165) is 49.4 Å². The molecule has 0 aromatic heterocycles. The molecule has 20 heavy (non-hydrogen) atoms. The molecule has 0 fully saturated rings. The predicted octanol–water partition coefficient (Wildman–Crippen LogP) is 4.06. The van der Waals surface area contributed by atoms with E-state index in [1.54, 1.807) is 0 Å². The third-order valence-corrected chi connectivity index (χ3v) is 3.40. The zero-order chi connectivity index (χ0) is 14.8. The topological polar surface area (TPSA) is 30.5 Å². The maximum atomic E-state index is 5.96. The molecule has 0 aliphatic rings. The van der Waals surface area contributed by atoms with Crippen LogP contribution >= 0.6 is 15.9 Å². The van der Waals surface area contributed by atoms with E-state index < -0.39 is 0 Å². The van der Waals surface area contributed by atoms with Crippen molar-refractivity contribution in [3.8, 4) is 5.75 Å². The zero-order valence-corrected chi connectivity index (χ0v) is 14.4. The van der Waals surface area contributed by atoms with Gasteiger partial charge in [0.05, 0.1) is 6.61 Å². The average molecular weight is 344 g/mol. The van der Waals surface area contributed by atoms with Crippen LogP contribution in [0, 0.1) is 6.92 Å². The van der Waals surface area contributed by atoms with E-state index in [9.17, 15) is 0 Å². The van der Waals surface area contributed by atoms with E-state index in [0.29, 0.717) is 6.61 Å². The quantitative estimate of drug-likeness (QED) is 0.649. The van der Waals surface area contributed by atoms with Gasteiger partial charge in [0.25, 0.3) is 0 Å². The molecule has 0 unspecified atom stereocenters. The molecule has 0 aliphatic heterocycles. The van der Waals surface area contributed by atoms with E-state index in [-0.39, 0.29) is 0 Å². The van der Waals surface area contributed by atoms with E-state index in [1.807, 2.05) is 6.92 Å². The molecule has 0 bridgehead atoms. The molecule has 1 aromatic carbocycles. The van der Waals surface area contributed by atoms with Gasteiger partial charge >= 0.3 is 0 Å². The molecule has 0 aliphatic carbocycles. The van der Waals surface area contributed by atoms with Gasteiger partial charge < -0.3 is 14.8 Å². The molecule has 0 saturated heterocycles. The van der Waals surface area contributed by atoms with Gasteiger partial charge in [-0.2, -0.15) is 0 Å². The Kier molecular flexibility index (Phi) is 8.90. The van der Waals surface area contributed by atoms with Crippen molar-refractivity contribution >= 4 is 15.9 Å².